The fourth-order valence-corrected chi connectivity index (χ4v) is 4.51. The van der Waals surface area contributed by atoms with Crippen LogP contribution in [0.1, 0.15) is 66.1 Å². The largest absolute Gasteiger partial charge is 0.477 e. The van der Waals surface area contributed by atoms with Crippen LogP contribution in [0.3, 0.4) is 0 Å². The van der Waals surface area contributed by atoms with Crippen molar-refractivity contribution < 1.29 is 33.0 Å². The van der Waals surface area contributed by atoms with Gasteiger partial charge in [-0.1, -0.05) is 18.7 Å². The van der Waals surface area contributed by atoms with Crippen LogP contribution in [0.2, 0.25) is 0 Å². The monoisotopic (exact) mass is 564 g/mol. The number of hydrogen-bond acceptors (Lipinski definition) is 8. The van der Waals surface area contributed by atoms with Gasteiger partial charge in [-0.05, 0) is 60.2 Å². The third-order valence-corrected chi connectivity index (χ3v) is 6.41. The number of fused-ring (bicyclic) bond motifs is 2. The van der Waals surface area contributed by atoms with Gasteiger partial charge in [0.1, 0.15) is 30.3 Å². The first kappa shape index (κ1) is 29.0. The summed E-state index contributed by atoms with van der Waals surface area (Å²) in [4.78, 5) is 44.3. The molecule has 0 unspecified atom stereocenters. The normalized spacial score (nSPS) is 13.6. The Bertz CT molecular complexity index is 1630. The second kappa shape index (κ2) is 12.4. The Balaban J connectivity index is 0.000000328. The Morgan fingerprint density at radius 2 is 1.95 bits per heavy atom. The molecule has 13 heteroatoms. The summed E-state index contributed by atoms with van der Waals surface area (Å²) < 4.78 is 31.0. The van der Waals surface area contributed by atoms with Crippen LogP contribution >= 0.6 is 0 Å². The number of nitrogens with zero attached hydrogens (tertiary/aromatic N) is 4. The van der Waals surface area contributed by atoms with Crippen LogP contribution in [0.15, 0.2) is 55.4 Å². The molecule has 0 aliphatic heterocycles. The van der Waals surface area contributed by atoms with Crippen molar-refractivity contribution in [3.05, 3.63) is 106 Å². The SMILES string of the molecule is C=CCOC(=O)c1ccc2c(c1C)CC[C@@H]2NC(=O)c1cc(C(=O)O)nc2ncnn12.NCc1cc(F)cc(F)c1. The Hall–Kier alpha value is -5.04. The number of nitrogens with two attached hydrogens (primary N) is 1. The van der Waals surface area contributed by atoms with Gasteiger partial charge >= 0.3 is 11.9 Å². The fourth-order valence-electron chi connectivity index (χ4n) is 4.51. The molecule has 1 atom stereocenters. The zero-order valence-corrected chi connectivity index (χ0v) is 21.9. The molecule has 0 saturated heterocycles. The number of rotatable bonds is 7. The lowest BCUT2D eigenvalue weighted by Gasteiger charge is -2.16. The van der Waals surface area contributed by atoms with E-state index in [-0.39, 0.29) is 36.4 Å². The average molecular weight is 565 g/mol. The molecular weight excluding hydrogens is 538 g/mol. The average Bonchev–Trinajstić information content (AvgIpc) is 3.58. The topological polar surface area (TPSA) is 162 Å². The van der Waals surface area contributed by atoms with Gasteiger partial charge in [0.15, 0.2) is 5.69 Å². The molecule has 0 spiro atoms. The number of hydrogen-bond donors (Lipinski definition) is 3. The molecule has 41 heavy (non-hydrogen) atoms. The minimum absolute atomic E-state index is 0.0229. The Morgan fingerprint density at radius 1 is 1.22 bits per heavy atom. The van der Waals surface area contributed by atoms with E-state index in [1.807, 2.05) is 13.0 Å². The number of amides is 1. The highest BCUT2D eigenvalue weighted by molar-refractivity contribution is 5.96. The van der Waals surface area contributed by atoms with E-state index in [0.717, 1.165) is 22.8 Å². The Labute approximate surface area is 232 Å². The number of aromatic carboxylic acids is 1. The van der Waals surface area contributed by atoms with Gasteiger partial charge < -0.3 is 20.9 Å². The van der Waals surface area contributed by atoms with Gasteiger partial charge in [-0.2, -0.15) is 14.6 Å². The van der Waals surface area contributed by atoms with Crippen LogP contribution < -0.4 is 11.1 Å². The van der Waals surface area contributed by atoms with Crippen molar-refractivity contribution in [3.63, 3.8) is 0 Å². The highest BCUT2D eigenvalue weighted by Crippen LogP contribution is 2.35. The molecule has 1 amide bonds. The van der Waals surface area contributed by atoms with Gasteiger partial charge in [0, 0.05) is 18.7 Å². The van der Waals surface area contributed by atoms with Crippen molar-refractivity contribution in [2.75, 3.05) is 6.61 Å². The summed E-state index contributed by atoms with van der Waals surface area (Å²) in [6.45, 7) is 5.69. The molecule has 0 bridgehead atoms. The van der Waals surface area contributed by atoms with E-state index in [2.05, 4.69) is 27.0 Å². The van der Waals surface area contributed by atoms with E-state index in [1.165, 1.54) is 35.1 Å². The van der Waals surface area contributed by atoms with Gasteiger partial charge in [0.2, 0.25) is 0 Å². The number of carbonyl (C=O) groups excluding carboxylic acids is 2. The lowest BCUT2D eigenvalue weighted by Crippen LogP contribution is -2.29. The predicted molar refractivity (Wildman–Crippen MR) is 142 cm³/mol. The first-order valence-electron chi connectivity index (χ1n) is 12.4. The number of esters is 1. The third-order valence-electron chi connectivity index (χ3n) is 6.41. The van der Waals surface area contributed by atoms with Crippen molar-refractivity contribution in [2.24, 2.45) is 5.73 Å². The van der Waals surface area contributed by atoms with E-state index in [4.69, 9.17) is 10.5 Å². The molecule has 0 fully saturated rings. The number of halogens is 2. The number of nitrogens with one attached hydrogen (secondary N) is 1. The Morgan fingerprint density at radius 3 is 2.61 bits per heavy atom. The first-order chi connectivity index (χ1) is 19.6. The molecule has 2 heterocycles. The van der Waals surface area contributed by atoms with Crippen LogP contribution in [-0.2, 0) is 17.7 Å². The molecule has 212 valence electrons. The number of ether oxygens (including phenoxy) is 1. The van der Waals surface area contributed by atoms with Gasteiger partial charge in [-0.3, -0.25) is 4.79 Å². The summed E-state index contributed by atoms with van der Waals surface area (Å²) in [5.74, 6) is -3.32. The molecule has 1 aliphatic carbocycles. The molecule has 4 N–H and O–H groups in total. The van der Waals surface area contributed by atoms with Crippen LogP contribution in [0.4, 0.5) is 8.78 Å². The van der Waals surface area contributed by atoms with Crippen LogP contribution in [0.25, 0.3) is 5.78 Å². The molecule has 0 saturated carbocycles. The summed E-state index contributed by atoms with van der Waals surface area (Å²) in [7, 11) is 0. The third kappa shape index (κ3) is 6.41. The zero-order valence-electron chi connectivity index (χ0n) is 21.9. The van der Waals surface area contributed by atoms with E-state index < -0.39 is 29.5 Å². The van der Waals surface area contributed by atoms with Crippen molar-refractivity contribution in [1.29, 1.82) is 0 Å². The summed E-state index contributed by atoms with van der Waals surface area (Å²) in [6, 6.07) is 7.61. The van der Waals surface area contributed by atoms with E-state index in [1.54, 1.807) is 6.07 Å². The summed E-state index contributed by atoms with van der Waals surface area (Å²) in [5.41, 5.74) is 8.56. The first-order valence-corrected chi connectivity index (χ1v) is 12.4. The molecule has 2 aromatic carbocycles. The minimum atomic E-state index is -1.27. The molecule has 1 aliphatic rings. The Kier molecular flexibility index (Phi) is 8.78. The van der Waals surface area contributed by atoms with Gasteiger partial charge in [0.25, 0.3) is 11.7 Å². The minimum Gasteiger partial charge on any atom is -0.477 e. The molecule has 5 rings (SSSR count). The maximum Gasteiger partial charge on any atom is 0.354 e. The van der Waals surface area contributed by atoms with E-state index >= 15 is 0 Å². The molecule has 2 aromatic heterocycles. The van der Waals surface area contributed by atoms with Crippen LogP contribution in [0, 0.1) is 18.6 Å². The lowest BCUT2D eigenvalue weighted by molar-refractivity contribution is 0.0548. The van der Waals surface area contributed by atoms with E-state index in [9.17, 15) is 28.3 Å². The quantitative estimate of drug-likeness (QED) is 0.226. The van der Waals surface area contributed by atoms with Crippen molar-refractivity contribution in [3.8, 4) is 0 Å². The molecule has 4 aromatic rings. The van der Waals surface area contributed by atoms with Crippen LogP contribution in [0.5, 0.6) is 0 Å². The maximum atomic E-state index is 13.0. The maximum absolute atomic E-state index is 13.0. The summed E-state index contributed by atoms with van der Waals surface area (Å²) >= 11 is 0. The number of carboxylic acids is 1. The molecular formula is C28H26F2N6O5. The second-order valence-electron chi connectivity index (χ2n) is 9.04. The predicted octanol–water partition coefficient (Wildman–Crippen LogP) is 3.31. The van der Waals surface area contributed by atoms with Gasteiger partial charge in [0.05, 0.1) is 11.6 Å². The highest BCUT2D eigenvalue weighted by Gasteiger charge is 2.29. The van der Waals surface area contributed by atoms with Crippen LogP contribution in [-0.4, -0.2) is 49.1 Å². The number of carboxylic acid groups (broad SMARTS) is 1. The fraction of sp³-hybridized carbons (Fsp3) is 0.214. The zero-order chi connectivity index (χ0) is 29.7. The second-order valence-corrected chi connectivity index (χ2v) is 9.04. The summed E-state index contributed by atoms with van der Waals surface area (Å²) in [5, 5.41) is 16.2. The molecule has 11 nitrogen and oxygen atoms in total. The van der Waals surface area contributed by atoms with Gasteiger partial charge in [-0.15, -0.1) is 0 Å². The van der Waals surface area contributed by atoms with Crippen molar-refractivity contribution in [2.45, 2.75) is 32.4 Å². The summed E-state index contributed by atoms with van der Waals surface area (Å²) in [6.07, 6.45) is 4.04. The smallest absolute Gasteiger partial charge is 0.354 e. The van der Waals surface area contributed by atoms with Crippen molar-refractivity contribution >= 4 is 23.6 Å². The number of carbonyl (C=O) groups is 3. The number of aromatic nitrogens is 4. The number of benzene rings is 2. The van der Waals surface area contributed by atoms with Gasteiger partial charge in [-0.25, -0.2) is 23.4 Å². The standard InChI is InChI=1S/C21H19N5O5.C7H7F2N/c1-3-8-31-20(30)13-4-5-14-12(11(13)2)6-7-15(14)24-18(27)17-9-16(19(28)29)25-21-22-10-23-26(17)21;8-6-1-5(4-10)2-7(9)3-6/h3-5,9-10,15H,1,6-8H2,2H3,(H,24,27)(H,28,29);1-3H,4,10H2/t15-;/m0./s1. The highest BCUT2D eigenvalue weighted by atomic mass is 19.1. The van der Waals surface area contributed by atoms with Crippen molar-refractivity contribution in [1.82, 2.24) is 24.9 Å². The molecule has 0 radical (unpaired) electrons. The van der Waals surface area contributed by atoms with E-state index in [0.29, 0.717) is 24.0 Å². The lowest BCUT2D eigenvalue weighted by atomic mass is 9.98.